The molecule has 0 spiro atoms. The zero-order valence-electron chi connectivity index (χ0n) is 17.9. The van der Waals surface area contributed by atoms with E-state index in [1.807, 2.05) is 67.6 Å². The van der Waals surface area contributed by atoms with Gasteiger partial charge in [0.1, 0.15) is 5.82 Å². The van der Waals surface area contributed by atoms with E-state index in [1.165, 1.54) is 0 Å². The van der Waals surface area contributed by atoms with Crippen molar-refractivity contribution in [2.24, 2.45) is 0 Å². The molecule has 31 heavy (non-hydrogen) atoms. The maximum absolute atomic E-state index is 12.5. The van der Waals surface area contributed by atoms with E-state index in [2.05, 4.69) is 10.6 Å². The molecule has 0 aliphatic rings. The van der Waals surface area contributed by atoms with E-state index in [9.17, 15) is 9.59 Å². The van der Waals surface area contributed by atoms with Gasteiger partial charge in [0.05, 0.1) is 11.4 Å². The second-order valence-corrected chi connectivity index (χ2v) is 7.27. The van der Waals surface area contributed by atoms with Crippen molar-refractivity contribution < 1.29 is 14.3 Å². The van der Waals surface area contributed by atoms with Crippen LogP contribution in [0.25, 0.3) is 16.9 Å². The molecule has 2 N–H and O–H groups in total. The molecule has 0 atom stereocenters. The van der Waals surface area contributed by atoms with Gasteiger partial charge in [0.15, 0.2) is 0 Å². The lowest BCUT2D eigenvalue weighted by atomic mass is 10.1. The summed E-state index contributed by atoms with van der Waals surface area (Å²) in [4.78, 5) is 24.4. The monoisotopic (exact) mass is 420 g/mol. The topological polar surface area (TPSA) is 85.2 Å². The number of hydrogen-bond donors (Lipinski definition) is 2. The van der Waals surface area contributed by atoms with Crippen molar-refractivity contribution in [3.8, 4) is 16.9 Å². The van der Waals surface area contributed by atoms with Gasteiger partial charge < -0.3 is 15.4 Å². The summed E-state index contributed by atoms with van der Waals surface area (Å²) in [5.41, 5.74) is 3.70. The first-order valence-electron chi connectivity index (χ1n) is 10.3. The molecule has 3 aromatic rings. The molecule has 2 amide bonds. The van der Waals surface area contributed by atoms with Crippen molar-refractivity contribution >= 4 is 17.6 Å². The summed E-state index contributed by atoms with van der Waals surface area (Å²) in [6.45, 7) is 3.15. The minimum Gasteiger partial charge on any atom is -0.385 e. The SMILES string of the molecule is COCCCNC(=O)CCC(=O)Nc1cc(-c2ccccc2)nn1-c1ccc(C)cc1. The highest BCUT2D eigenvalue weighted by Crippen LogP contribution is 2.25. The van der Waals surface area contributed by atoms with Gasteiger partial charge in [-0.25, -0.2) is 4.68 Å². The van der Waals surface area contributed by atoms with Crippen molar-refractivity contribution in [3.05, 3.63) is 66.2 Å². The summed E-state index contributed by atoms with van der Waals surface area (Å²) in [5, 5.41) is 10.4. The van der Waals surface area contributed by atoms with Gasteiger partial charge in [0, 0.05) is 44.7 Å². The largest absolute Gasteiger partial charge is 0.385 e. The van der Waals surface area contributed by atoms with Crippen molar-refractivity contribution in [2.45, 2.75) is 26.2 Å². The third-order valence-corrected chi connectivity index (χ3v) is 4.75. The van der Waals surface area contributed by atoms with Gasteiger partial charge in [-0.1, -0.05) is 48.0 Å². The first kappa shape index (κ1) is 22.2. The molecule has 0 saturated heterocycles. The van der Waals surface area contributed by atoms with Crippen molar-refractivity contribution in [3.63, 3.8) is 0 Å². The van der Waals surface area contributed by atoms with Crippen LogP contribution in [0.5, 0.6) is 0 Å². The number of ether oxygens (including phenoxy) is 1. The molecule has 0 unspecified atom stereocenters. The maximum atomic E-state index is 12.5. The minimum atomic E-state index is -0.236. The average Bonchev–Trinajstić information content (AvgIpc) is 3.20. The van der Waals surface area contributed by atoms with Crippen LogP contribution < -0.4 is 10.6 Å². The molecule has 162 valence electrons. The third kappa shape index (κ3) is 6.52. The number of aryl methyl sites for hydroxylation is 1. The molecule has 7 nitrogen and oxygen atoms in total. The Bertz CT molecular complexity index is 997. The van der Waals surface area contributed by atoms with Gasteiger partial charge >= 0.3 is 0 Å². The Kier molecular flexibility index (Phi) is 7.95. The summed E-state index contributed by atoms with van der Waals surface area (Å²) in [6, 6.07) is 19.6. The van der Waals surface area contributed by atoms with E-state index >= 15 is 0 Å². The molecular weight excluding hydrogens is 392 g/mol. The second-order valence-electron chi connectivity index (χ2n) is 7.27. The Morgan fingerprint density at radius 1 is 1.00 bits per heavy atom. The van der Waals surface area contributed by atoms with E-state index in [-0.39, 0.29) is 24.7 Å². The Labute approximate surface area is 182 Å². The van der Waals surface area contributed by atoms with Crippen LogP contribution in [0.15, 0.2) is 60.7 Å². The second kappa shape index (κ2) is 11.1. The van der Waals surface area contributed by atoms with Crippen LogP contribution in [-0.2, 0) is 14.3 Å². The zero-order chi connectivity index (χ0) is 22.1. The third-order valence-electron chi connectivity index (χ3n) is 4.75. The van der Waals surface area contributed by atoms with Crippen LogP contribution in [0.4, 0.5) is 5.82 Å². The smallest absolute Gasteiger partial charge is 0.226 e. The lowest BCUT2D eigenvalue weighted by molar-refractivity contribution is -0.124. The number of carbonyl (C=O) groups excluding carboxylic acids is 2. The fraction of sp³-hybridized carbons (Fsp3) is 0.292. The zero-order valence-corrected chi connectivity index (χ0v) is 17.9. The number of carbonyl (C=O) groups is 2. The lowest BCUT2D eigenvalue weighted by Gasteiger charge is -2.09. The highest BCUT2D eigenvalue weighted by molar-refractivity contribution is 5.93. The molecule has 3 rings (SSSR count). The van der Waals surface area contributed by atoms with Crippen molar-refractivity contribution in [2.75, 3.05) is 25.6 Å². The molecule has 1 aromatic heterocycles. The van der Waals surface area contributed by atoms with Gasteiger partial charge in [-0.3, -0.25) is 9.59 Å². The van der Waals surface area contributed by atoms with Crippen LogP contribution in [0, 0.1) is 6.92 Å². The van der Waals surface area contributed by atoms with Crippen LogP contribution >= 0.6 is 0 Å². The predicted octanol–water partition coefficient (Wildman–Crippen LogP) is 3.72. The van der Waals surface area contributed by atoms with E-state index in [0.717, 1.165) is 28.9 Å². The van der Waals surface area contributed by atoms with Crippen molar-refractivity contribution in [1.29, 1.82) is 0 Å². The number of nitrogens with one attached hydrogen (secondary N) is 2. The van der Waals surface area contributed by atoms with Crippen LogP contribution in [0.3, 0.4) is 0 Å². The summed E-state index contributed by atoms with van der Waals surface area (Å²) in [6.07, 6.45) is 0.964. The van der Waals surface area contributed by atoms with Crippen LogP contribution in [-0.4, -0.2) is 41.9 Å². The van der Waals surface area contributed by atoms with Gasteiger partial charge in [-0.15, -0.1) is 0 Å². The molecule has 0 aliphatic carbocycles. The molecule has 0 saturated carbocycles. The van der Waals surface area contributed by atoms with Gasteiger partial charge in [-0.05, 0) is 25.5 Å². The van der Waals surface area contributed by atoms with E-state index in [0.29, 0.717) is 19.0 Å². The van der Waals surface area contributed by atoms with E-state index in [4.69, 9.17) is 9.84 Å². The summed E-state index contributed by atoms with van der Waals surface area (Å²) < 4.78 is 6.67. The summed E-state index contributed by atoms with van der Waals surface area (Å²) in [7, 11) is 1.62. The highest BCUT2D eigenvalue weighted by atomic mass is 16.5. The Morgan fingerprint density at radius 3 is 2.42 bits per heavy atom. The van der Waals surface area contributed by atoms with Gasteiger partial charge in [0.2, 0.25) is 11.8 Å². The number of nitrogens with zero attached hydrogens (tertiary/aromatic N) is 2. The minimum absolute atomic E-state index is 0.0931. The Balaban J connectivity index is 1.70. The van der Waals surface area contributed by atoms with E-state index < -0.39 is 0 Å². The molecule has 1 heterocycles. The first-order valence-corrected chi connectivity index (χ1v) is 10.3. The van der Waals surface area contributed by atoms with Crippen LogP contribution in [0.2, 0.25) is 0 Å². The fourth-order valence-corrected chi connectivity index (χ4v) is 3.07. The first-order chi connectivity index (χ1) is 15.1. The normalized spacial score (nSPS) is 10.6. The lowest BCUT2D eigenvalue weighted by Crippen LogP contribution is -2.26. The highest BCUT2D eigenvalue weighted by Gasteiger charge is 2.14. The summed E-state index contributed by atoms with van der Waals surface area (Å²) >= 11 is 0. The number of anilines is 1. The Hall–Kier alpha value is -3.45. The molecule has 7 heteroatoms. The standard InChI is InChI=1S/C24H28N4O3/c1-18-9-11-20(12-10-18)28-22(17-21(27-28)19-7-4-3-5-8-19)26-24(30)14-13-23(29)25-15-6-16-31-2/h3-5,7-12,17H,6,13-16H2,1-2H3,(H,25,29)(H,26,30). The average molecular weight is 421 g/mol. The number of aromatic nitrogens is 2. The van der Waals surface area contributed by atoms with Gasteiger partial charge in [-0.2, -0.15) is 5.10 Å². The number of benzene rings is 2. The number of amides is 2. The quantitative estimate of drug-likeness (QED) is 0.490. The number of methoxy groups -OCH3 is 1. The molecule has 0 bridgehead atoms. The molecular formula is C24H28N4O3. The number of hydrogen-bond acceptors (Lipinski definition) is 4. The molecule has 0 radical (unpaired) electrons. The Morgan fingerprint density at radius 2 is 1.71 bits per heavy atom. The van der Waals surface area contributed by atoms with E-state index in [1.54, 1.807) is 11.8 Å². The predicted molar refractivity (Wildman–Crippen MR) is 121 cm³/mol. The van der Waals surface area contributed by atoms with Crippen LogP contribution in [0.1, 0.15) is 24.8 Å². The molecule has 2 aromatic carbocycles. The summed E-state index contributed by atoms with van der Waals surface area (Å²) in [5.74, 6) is 0.177. The molecule has 0 aliphatic heterocycles. The molecule has 0 fully saturated rings. The van der Waals surface area contributed by atoms with Gasteiger partial charge in [0.25, 0.3) is 0 Å². The number of rotatable bonds is 10. The van der Waals surface area contributed by atoms with Crippen molar-refractivity contribution in [1.82, 2.24) is 15.1 Å². The maximum Gasteiger partial charge on any atom is 0.226 e. The fourth-order valence-electron chi connectivity index (χ4n) is 3.07.